The highest BCUT2D eigenvalue weighted by Gasteiger charge is 2.25. The molecular formula is C29H33ClF2N2O5S. The molecule has 1 aromatic heterocycles. The summed E-state index contributed by atoms with van der Waals surface area (Å²) in [6, 6.07) is 12.4. The lowest BCUT2D eigenvalue weighted by molar-refractivity contribution is -0.137. The third kappa shape index (κ3) is 8.97. The average molecular weight is 595 g/mol. The number of furan rings is 1. The van der Waals surface area contributed by atoms with E-state index in [1.165, 1.54) is 34.9 Å². The van der Waals surface area contributed by atoms with Crippen molar-refractivity contribution in [2.24, 2.45) is 5.92 Å². The Labute approximate surface area is 241 Å². The van der Waals surface area contributed by atoms with Crippen LogP contribution in [0.25, 0.3) is 11.1 Å². The van der Waals surface area contributed by atoms with E-state index in [1.807, 2.05) is 6.92 Å². The average Bonchev–Trinajstić information content (AvgIpc) is 3.42. The lowest BCUT2D eigenvalue weighted by Crippen LogP contribution is -2.41. The number of nitrogens with zero attached hydrogens (tertiary/aromatic N) is 1. The molecule has 0 unspecified atom stereocenters. The predicted octanol–water partition coefficient (Wildman–Crippen LogP) is 6.30. The second kappa shape index (κ2) is 15.6. The predicted molar refractivity (Wildman–Crippen MR) is 152 cm³/mol. The van der Waals surface area contributed by atoms with E-state index in [-0.39, 0.29) is 18.3 Å². The smallest absolute Gasteiger partial charge is 0.323 e. The molecule has 40 heavy (non-hydrogen) atoms. The van der Waals surface area contributed by atoms with E-state index in [1.54, 1.807) is 36.6 Å². The quantitative estimate of drug-likeness (QED) is 0.210. The molecule has 1 saturated heterocycles. The summed E-state index contributed by atoms with van der Waals surface area (Å²) >= 11 is 6.33. The van der Waals surface area contributed by atoms with Gasteiger partial charge in [-0.3, -0.25) is 9.59 Å². The molecule has 0 bridgehead atoms. The fourth-order valence-corrected chi connectivity index (χ4v) is 4.91. The Morgan fingerprint density at radius 3 is 2.40 bits per heavy atom. The highest BCUT2D eigenvalue weighted by Crippen LogP contribution is 2.33. The number of carboxylic acids is 1. The Morgan fingerprint density at radius 1 is 1.12 bits per heavy atom. The number of hydrogen-bond donors (Lipinski definition) is 2. The number of carboxylic acid groups (broad SMARTS) is 1. The Balaban J connectivity index is 0.00000141. The van der Waals surface area contributed by atoms with Gasteiger partial charge in [0.2, 0.25) is 0 Å². The van der Waals surface area contributed by atoms with Crippen molar-refractivity contribution in [3.8, 4) is 16.9 Å². The first-order valence-electron chi connectivity index (χ1n) is 12.9. The first-order chi connectivity index (χ1) is 19.2. The SMILES string of the molecule is CCCl.CSc1cc(F)c(F)cc1-c1ccc(OCc2ccc(C(=O)N(CC(=O)O)CC3CCNCC3)o2)cc1. The summed E-state index contributed by atoms with van der Waals surface area (Å²) in [7, 11) is 0. The molecule has 0 aliphatic carbocycles. The van der Waals surface area contributed by atoms with Crippen molar-refractivity contribution < 1.29 is 32.6 Å². The topological polar surface area (TPSA) is 92.0 Å². The van der Waals surface area contributed by atoms with Gasteiger partial charge in [0.25, 0.3) is 5.91 Å². The van der Waals surface area contributed by atoms with Crippen LogP contribution in [0.3, 0.4) is 0 Å². The maximum atomic E-state index is 13.8. The molecule has 1 aliphatic heterocycles. The number of carbonyl (C=O) groups excluding carboxylic acids is 1. The number of amides is 1. The van der Waals surface area contributed by atoms with Gasteiger partial charge in [0.15, 0.2) is 17.4 Å². The molecule has 0 radical (unpaired) electrons. The minimum absolute atomic E-state index is 0.0566. The maximum Gasteiger partial charge on any atom is 0.323 e. The summed E-state index contributed by atoms with van der Waals surface area (Å²) < 4.78 is 38.8. The lowest BCUT2D eigenvalue weighted by atomic mass is 9.97. The van der Waals surface area contributed by atoms with Crippen LogP contribution in [0.5, 0.6) is 5.75 Å². The molecule has 1 aliphatic rings. The minimum Gasteiger partial charge on any atom is -0.486 e. The van der Waals surface area contributed by atoms with Gasteiger partial charge in [-0.15, -0.1) is 23.4 Å². The number of piperidine rings is 1. The van der Waals surface area contributed by atoms with Gasteiger partial charge in [0.05, 0.1) is 0 Å². The number of alkyl halides is 1. The van der Waals surface area contributed by atoms with Crippen LogP contribution in [0, 0.1) is 17.6 Å². The first-order valence-corrected chi connectivity index (χ1v) is 14.6. The van der Waals surface area contributed by atoms with Crippen LogP contribution >= 0.6 is 23.4 Å². The maximum absolute atomic E-state index is 13.8. The van der Waals surface area contributed by atoms with Gasteiger partial charge in [-0.05, 0) is 85.6 Å². The van der Waals surface area contributed by atoms with Crippen molar-refractivity contribution in [1.82, 2.24) is 10.2 Å². The molecule has 2 heterocycles. The fourth-order valence-electron chi connectivity index (χ4n) is 4.29. The highest BCUT2D eigenvalue weighted by atomic mass is 35.5. The molecule has 2 N–H and O–H groups in total. The molecule has 11 heteroatoms. The number of thioether (sulfide) groups is 1. The van der Waals surface area contributed by atoms with Crippen molar-refractivity contribution in [3.05, 3.63) is 71.7 Å². The number of aliphatic carboxylic acids is 1. The monoisotopic (exact) mass is 594 g/mol. The first kappa shape index (κ1) is 31.4. The van der Waals surface area contributed by atoms with Crippen LogP contribution in [-0.4, -0.2) is 60.2 Å². The third-order valence-electron chi connectivity index (χ3n) is 6.21. The molecule has 216 valence electrons. The Bertz CT molecular complexity index is 1270. The van der Waals surface area contributed by atoms with Gasteiger partial charge in [0, 0.05) is 17.3 Å². The van der Waals surface area contributed by atoms with Crippen molar-refractivity contribution in [2.45, 2.75) is 31.3 Å². The van der Waals surface area contributed by atoms with Gasteiger partial charge in [-0.1, -0.05) is 19.1 Å². The van der Waals surface area contributed by atoms with E-state index in [4.69, 9.17) is 20.8 Å². The van der Waals surface area contributed by atoms with Gasteiger partial charge < -0.3 is 24.5 Å². The number of hydrogen-bond acceptors (Lipinski definition) is 6. The molecule has 0 atom stereocenters. The Kier molecular flexibility index (Phi) is 12.3. The summed E-state index contributed by atoms with van der Waals surface area (Å²) in [6.45, 7) is 3.62. The summed E-state index contributed by atoms with van der Waals surface area (Å²) in [5, 5.41) is 12.5. The van der Waals surface area contributed by atoms with E-state index in [2.05, 4.69) is 5.32 Å². The van der Waals surface area contributed by atoms with E-state index in [0.29, 0.717) is 34.1 Å². The van der Waals surface area contributed by atoms with Gasteiger partial charge in [0.1, 0.15) is 24.7 Å². The standard InChI is InChI=1S/C27H28F2N2O5S.C2H5Cl/c1-37-25-13-23(29)22(28)12-21(25)18-2-4-19(5-3-18)35-16-20-6-7-24(36-20)27(34)31(15-26(32)33)14-17-8-10-30-11-9-17;1-2-3/h2-7,12-13,17,30H,8-11,14-16H2,1H3,(H,32,33);2H2,1H3. The van der Waals surface area contributed by atoms with Crippen LogP contribution in [0.2, 0.25) is 0 Å². The summed E-state index contributed by atoms with van der Waals surface area (Å²) in [6.07, 6.45) is 3.56. The minimum atomic E-state index is -1.08. The zero-order chi connectivity index (χ0) is 29.1. The Morgan fingerprint density at radius 2 is 1.77 bits per heavy atom. The largest absolute Gasteiger partial charge is 0.486 e. The molecule has 0 saturated carbocycles. The van der Waals surface area contributed by atoms with Crippen molar-refractivity contribution in [1.29, 1.82) is 0 Å². The van der Waals surface area contributed by atoms with Crippen molar-refractivity contribution >= 4 is 35.2 Å². The second-order valence-electron chi connectivity index (χ2n) is 9.09. The number of halogens is 3. The molecule has 3 aromatic rings. The van der Waals surface area contributed by atoms with Crippen LogP contribution in [-0.2, 0) is 11.4 Å². The van der Waals surface area contributed by atoms with Crippen LogP contribution in [0.1, 0.15) is 36.1 Å². The molecule has 2 aromatic carbocycles. The van der Waals surface area contributed by atoms with E-state index < -0.39 is 30.1 Å². The van der Waals surface area contributed by atoms with Crippen LogP contribution in [0.15, 0.2) is 57.8 Å². The molecule has 4 rings (SSSR count). The number of benzene rings is 2. The molecule has 1 amide bonds. The molecule has 1 fully saturated rings. The number of ether oxygens (including phenoxy) is 1. The van der Waals surface area contributed by atoms with Crippen molar-refractivity contribution in [3.63, 3.8) is 0 Å². The normalized spacial score (nSPS) is 13.3. The van der Waals surface area contributed by atoms with Crippen LogP contribution in [0.4, 0.5) is 8.78 Å². The zero-order valence-corrected chi connectivity index (χ0v) is 24.0. The highest BCUT2D eigenvalue weighted by molar-refractivity contribution is 7.98. The van der Waals surface area contributed by atoms with Crippen LogP contribution < -0.4 is 10.1 Å². The van der Waals surface area contributed by atoms with E-state index in [0.717, 1.165) is 31.8 Å². The third-order valence-corrected chi connectivity index (χ3v) is 6.99. The summed E-state index contributed by atoms with van der Waals surface area (Å²) in [4.78, 5) is 26.3. The molecular weight excluding hydrogens is 562 g/mol. The fraction of sp³-hybridized carbons (Fsp3) is 0.379. The number of carbonyl (C=O) groups is 2. The number of rotatable bonds is 10. The van der Waals surface area contributed by atoms with E-state index >= 15 is 0 Å². The Hall–Kier alpha value is -3.08. The van der Waals surface area contributed by atoms with Gasteiger partial charge >= 0.3 is 5.97 Å². The summed E-state index contributed by atoms with van der Waals surface area (Å²) in [5.74, 6) is -1.37. The van der Waals surface area contributed by atoms with E-state index in [9.17, 15) is 23.5 Å². The van der Waals surface area contributed by atoms with Gasteiger partial charge in [-0.2, -0.15) is 0 Å². The second-order valence-corrected chi connectivity index (χ2v) is 10.5. The van der Waals surface area contributed by atoms with Crippen molar-refractivity contribution in [2.75, 3.05) is 38.3 Å². The molecule has 7 nitrogen and oxygen atoms in total. The van der Waals surface area contributed by atoms with Gasteiger partial charge in [-0.25, -0.2) is 8.78 Å². The number of nitrogens with one attached hydrogen (secondary N) is 1. The lowest BCUT2D eigenvalue weighted by Gasteiger charge is -2.28. The zero-order valence-electron chi connectivity index (χ0n) is 22.4. The molecule has 0 spiro atoms. The summed E-state index contributed by atoms with van der Waals surface area (Å²) in [5.41, 5.74) is 1.30.